The van der Waals surface area contributed by atoms with Gasteiger partial charge in [-0.15, -0.1) is 23.2 Å². The van der Waals surface area contributed by atoms with E-state index in [4.69, 9.17) is 27.9 Å². The molecule has 5 heteroatoms. The zero-order valence-corrected chi connectivity index (χ0v) is 10.4. The minimum atomic E-state index is -0.869. The van der Waals surface area contributed by atoms with Gasteiger partial charge in [-0.1, -0.05) is 0 Å². The van der Waals surface area contributed by atoms with Gasteiger partial charge in [0.15, 0.2) is 0 Å². The maximum Gasteiger partial charge on any atom is 0.231 e. The first-order valence-electron chi connectivity index (χ1n) is 5.16. The molecule has 0 radical (unpaired) electrons. The topological polar surface area (TPSA) is 29.5 Å². The fourth-order valence-electron chi connectivity index (χ4n) is 1.98. The molecule has 0 bridgehead atoms. The van der Waals surface area contributed by atoms with Crippen molar-refractivity contribution in [2.75, 3.05) is 19.7 Å². The maximum absolute atomic E-state index is 12.1. The van der Waals surface area contributed by atoms with Crippen LogP contribution in [0.4, 0.5) is 0 Å². The molecular weight excluding hydrogens is 237 g/mol. The highest BCUT2D eigenvalue weighted by Gasteiger charge is 2.68. The van der Waals surface area contributed by atoms with Crippen LogP contribution in [0.1, 0.15) is 20.3 Å². The van der Waals surface area contributed by atoms with Gasteiger partial charge in [0, 0.05) is 13.1 Å². The number of rotatable bonds is 1. The Morgan fingerprint density at radius 2 is 2.13 bits per heavy atom. The van der Waals surface area contributed by atoms with Crippen molar-refractivity contribution in [2.45, 2.75) is 30.7 Å². The minimum Gasteiger partial charge on any atom is -0.375 e. The molecule has 1 aliphatic heterocycles. The number of amides is 1. The summed E-state index contributed by atoms with van der Waals surface area (Å²) >= 11 is 12.0. The first-order chi connectivity index (χ1) is 6.87. The van der Waals surface area contributed by atoms with Gasteiger partial charge in [0.1, 0.15) is 4.33 Å². The standard InChI is InChI=1S/C10H15Cl2NO2/c1-7-5-13(3-4-15-7)8(14)9(2)6-10(9,11)12/h7H,3-6H2,1-2H3. The summed E-state index contributed by atoms with van der Waals surface area (Å²) in [5, 5.41) is 0. The lowest BCUT2D eigenvalue weighted by Gasteiger charge is -2.33. The molecule has 86 valence electrons. The van der Waals surface area contributed by atoms with Crippen LogP contribution in [0.25, 0.3) is 0 Å². The molecule has 3 nitrogen and oxygen atoms in total. The molecule has 0 spiro atoms. The van der Waals surface area contributed by atoms with Crippen LogP contribution in [0, 0.1) is 5.41 Å². The number of hydrogen-bond acceptors (Lipinski definition) is 2. The lowest BCUT2D eigenvalue weighted by Crippen LogP contribution is -2.47. The highest BCUT2D eigenvalue weighted by molar-refractivity contribution is 6.53. The molecule has 2 aliphatic rings. The molecule has 1 amide bonds. The van der Waals surface area contributed by atoms with Crippen molar-refractivity contribution in [1.82, 2.24) is 4.90 Å². The Balaban J connectivity index is 2.03. The Bertz CT molecular complexity index is 295. The zero-order chi connectivity index (χ0) is 11.3. The number of ether oxygens (including phenoxy) is 1. The largest absolute Gasteiger partial charge is 0.375 e. The van der Waals surface area contributed by atoms with Crippen molar-refractivity contribution in [1.29, 1.82) is 0 Å². The lowest BCUT2D eigenvalue weighted by molar-refractivity contribution is -0.143. The highest BCUT2D eigenvalue weighted by Crippen LogP contribution is 2.64. The SMILES string of the molecule is CC1CN(C(=O)C2(C)CC2(Cl)Cl)CCO1. The average Bonchev–Trinajstić information content (AvgIpc) is 2.66. The fraction of sp³-hybridized carbons (Fsp3) is 0.900. The fourth-order valence-corrected chi connectivity index (χ4v) is 2.68. The van der Waals surface area contributed by atoms with Crippen molar-refractivity contribution in [3.63, 3.8) is 0 Å². The van der Waals surface area contributed by atoms with Crippen LogP contribution in [0.3, 0.4) is 0 Å². The number of alkyl halides is 2. The van der Waals surface area contributed by atoms with E-state index in [9.17, 15) is 4.79 Å². The molecule has 2 unspecified atom stereocenters. The third-order valence-corrected chi connectivity index (χ3v) is 4.36. The van der Waals surface area contributed by atoms with Gasteiger partial charge in [-0.05, 0) is 20.3 Å². The van der Waals surface area contributed by atoms with E-state index in [-0.39, 0.29) is 12.0 Å². The number of halogens is 2. The molecule has 2 fully saturated rings. The molecule has 2 atom stereocenters. The normalized spacial score (nSPS) is 38.9. The van der Waals surface area contributed by atoms with Gasteiger partial charge < -0.3 is 9.64 Å². The molecule has 1 aliphatic carbocycles. The predicted molar refractivity (Wildman–Crippen MR) is 59.2 cm³/mol. The van der Waals surface area contributed by atoms with E-state index in [1.807, 2.05) is 13.8 Å². The maximum atomic E-state index is 12.1. The van der Waals surface area contributed by atoms with Gasteiger partial charge in [0.05, 0.1) is 18.1 Å². The number of nitrogens with zero attached hydrogens (tertiary/aromatic N) is 1. The summed E-state index contributed by atoms with van der Waals surface area (Å²) < 4.78 is 4.51. The Kier molecular flexibility index (Phi) is 2.69. The quantitative estimate of drug-likeness (QED) is 0.666. The van der Waals surface area contributed by atoms with Crippen LogP contribution in [-0.4, -0.2) is 40.9 Å². The van der Waals surface area contributed by atoms with Gasteiger partial charge in [0.25, 0.3) is 0 Å². The molecule has 0 aromatic rings. The average molecular weight is 252 g/mol. The number of carbonyl (C=O) groups is 1. The predicted octanol–water partition coefficient (Wildman–Crippen LogP) is 1.82. The van der Waals surface area contributed by atoms with Crippen LogP contribution >= 0.6 is 23.2 Å². The summed E-state index contributed by atoms with van der Waals surface area (Å²) in [5.41, 5.74) is -0.590. The second-order valence-corrected chi connectivity index (χ2v) is 6.13. The molecule has 0 aromatic heterocycles. The smallest absolute Gasteiger partial charge is 0.231 e. The summed E-state index contributed by atoms with van der Waals surface area (Å²) in [5.74, 6) is 0.0580. The summed E-state index contributed by atoms with van der Waals surface area (Å²) in [4.78, 5) is 14.0. The number of morpholine rings is 1. The summed E-state index contributed by atoms with van der Waals surface area (Å²) in [6.45, 7) is 5.67. The monoisotopic (exact) mass is 251 g/mol. The van der Waals surface area contributed by atoms with Crippen LogP contribution in [-0.2, 0) is 9.53 Å². The van der Waals surface area contributed by atoms with Gasteiger partial charge >= 0.3 is 0 Å². The number of carbonyl (C=O) groups excluding carboxylic acids is 1. The Hall–Kier alpha value is 0.01000. The molecule has 0 N–H and O–H groups in total. The molecule has 0 aromatic carbocycles. The molecule has 1 saturated heterocycles. The Labute approximate surface area is 99.7 Å². The van der Waals surface area contributed by atoms with Crippen molar-refractivity contribution in [3.8, 4) is 0 Å². The molecule has 15 heavy (non-hydrogen) atoms. The summed E-state index contributed by atoms with van der Waals surface area (Å²) in [6, 6.07) is 0. The first kappa shape index (κ1) is 11.5. The van der Waals surface area contributed by atoms with E-state index in [1.165, 1.54) is 0 Å². The van der Waals surface area contributed by atoms with Crippen molar-refractivity contribution < 1.29 is 9.53 Å². The van der Waals surface area contributed by atoms with E-state index in [1.54, 1.807) is 4.90 Å². The van der Waals surface area contributed by atoms with E-state index in [2.05, 4.69) is 0 Å². The lowest BCUT2D eigenvalue weighted by atomic mass is 10.1. The molecule has 1 saturated carbocycles. The first-order valence-corrected chi connectivity index (χ1v) is 5.91. The third-order valence-electron chi connectivity index (χ3n) is 3.26. The van der Waals surface area contributed by atoms with Crippen LogP contribution < -0.4 is 0 Å². The third kappa shape index (κ3) is 1.85. The van der Waals surface area contributed by atoms with E-state index in [0.29, 0.717) is 26.1 Å². The minimum absolute atomic E-state index is 0.0580. The van der Waals surface area contributed by atoms with Crippen molar-refractivity contribution >= 4 is 29.1 Å². The van der Waals surface area contributed by atoms with Gasteiger partial charge in [-0.2, -0.15) is 0 Å². The summed E-state index contributed by atoms with van der Waals surface area (Å²) in [7, 11) is 0. The zero-order valence-electron chi connectivity index (χ0n) is 8.93. The molecule has 2 rings (SSSR count). The van der Waals surface area contributed by atoms with Crippen LogP contribution in [0.5, 0.6) is 0 Å². The van der Waals surface area contributed by atoms with Gasteiger partial charge in [-0.3, -0.25) is 4.79 Å². The van der Waals surface area contributed by atoms with Crippen LogP contribution in [0.15, 0.2) is 0 Å². The second kappa shape index (κ2) is 3.51. The van der Waals surface area contributed by atoms with Crippen LogP contribution in [0.2, 0.25) is 0 Å². The number of hydrogen-bond donors (Lipinski definition) is 0. The second-order valence-electron chi connectivity index (χ2n) is 4.65. The van der Waals surface area contributed by atoms with Gasteiger partial charge in [-0.25, -0.2) is 0 Å². The van der Waals surface area contributed by atoms with Crippen molar-refractivity contribution in [3.05, 3.63) is 0 Å². The van der Waals surface area contributed by atoms with Gasteiger partial charge in [0.2, 0.25) is 5.91 Å². The van der Waals surface area contributed by atoms with E-state index < -0.39 is 9.75 Å². The summed E-state index contributed by atoms with van der Waals surface area (Å²) in [6.07, 6.45) is 0.651. The van der Waals surface area contributed by atoms with E-state index >= 15 is 0 Å². The van der Waals surface area contributed by atoms with E-state index in [0.717, 1.165) is 0 Å². The Morgan fingerprint density at radius 3 is 2.60 bits per heavy atom. The van der Waals surface area contributed by atoms with Crippen molar-refractivity contribution in [2.24, 2.45) is 5.41 Å². The molecular formula is C10H15Cl2NO2. The highest BCUT2D eigenvalue weighted by atomic mass is 35.5. The Morgan fingerprint density at radius 1 is 1.53 bits per heavy atom. The molecule has 1 heterocycles.